The van der Waals surface area contributed by atoms with Crippen LogP contribution in [0.4, 0.5) is 0 Å². The largest absolute Gasteiger partial charge is 0.0884 e. The molecule has 0 bridgehead atoms. The third kappa shape index (κ3) is 1.22. The number of hydrogen-bond acceptors (Lipinski definition) is 0. The second-order valence-corrected chi connectivity index (χ2v) is 4.56. The Labute approximate surface area is 81.4 Å². The first-order chi connectivity index (χ1) is 5.79. The summed E-state index contributed by atoms with van der Waals surface area (Å²) in [5, 5.41) is 0. The molecule has 2 unspecified atom stereocenters. The summed E-state index contributed by atoms with van der Waals surface area (Å²) in [6.07, 6.45) is 4.43. The minimum absolute atomic E-state index is 0.505. The highest BCUT2D eigenvalue weighted by Crippen LogP contribution is 2.34. The number of rotatable bonds is 1. The van der Waals surface area contributed by atoms with Crippen molar-refractivity contribution in [2.24, 2.45) is 0 Å². The van der Waals surface area contributed by atoms with Gasteiger partial charge < -0.3 is 0 Å². The summed E-state index contributed by atoms with van der Waals surface area (Å²) in [6, 6.07) is 9.27. The van der Waals surface area contributed by atoms with Crippen molar-refractivity contribution in [2.45, 2.75) is 17.7 Å². The quantitative estimate of drug-likeness (QED) is 0.639. The lowest BCUT2D eigenvalue weighted by molar-refractivity contribution is 0.851. The van der Waals surface area contributed by atoms with Crippen LogP contribution in [0.1, 0.15) is 24.0 Å². The molecule has 0 fully saturated rings. The van der Waals surface area contributed by atoms with Gasteiger partial charge in [0.2, 0.25) is 0 Å². The van der Waals surface area contributed by atoms with Gasteiger partial charge in [-0.3, -0.25) is 0 Å². The third-order valence-electron chi connectivity index (χ3n) is 2.27. The molecule has 2 atom stereocenters. The number of fused-ring (bicyclic) bond motifs is 1. The van der Waals surface area contributed by atoms with Gasteiger partial charge in [-0.05, 0) is 23.3 Å². The predicted molar refractivity (Wildman–Crippen MR) is 55.4 cm³/mol. The summed E-state index contributed by atoms with van der Waals surface area (Å²) in [7, 11) is 0. The molecule has 1 radical (unpaired) electrons. The molecule has 0 heterocycles. The molecule has 1 heteroatoms. The van der Waals surface area contributed by atoms with Crippen molar-refractivity contribution in [3.05, 3.63) is 41.5 Å². The molecule has 1 aromatic rings. The van der Waals surface area contributed by atoms with E-state index in [1.807, 2.05) is 6.07 Å². The molecule has 0 nitrogen and oxygen atoms in total. The van der Waals surface area contributed by atoms with Gasteiger partial charge in [0.05, 0.1) is 0 Å². The van der Waals surface area contributed by atoms with Gasteiger partial charge in [-0.25, -0.2) is 0 Å². The molecule has 1 aliphatic rings. The van der Waals surface area contributed by atoms with Crippen molar-refractivity contribution in [1.29, 1.82) is 0 Å². The molecule has 0 spiro atoms. The molecular formula is C11H10Br. The van der Waals surface area contributed by atoms with E-state index in [1.54, 1.807) is 0 Å². The number of alkyl halides is 1. The Bertz CT molecular complexity index is 313. The molecule has 1 aromatic carbocycles. The number of hydrogen-bond donors (Lipinski definition) is 0. The second-order valence-electron chi connectivity index (χ2n) is 3.12. The van der Waals surface area contributed by atoms with Crippen molar-refractivity contribution < 1.29 is 0 Å². The minimum Gasteiger partial charge on any atom is -0.0884 e. The second kappa shape index (κ2) is 3.06. The number of benzene rings is 1. The summed E-state index contributed by atoms with van der Waals surface area (Å²) in [6.45, 7) is 2.18. The van der Waals surface area contributed by atoms with Crippen molar-refractivity contribution in [3.8, 4) is 0 Å². The summed E-state index contributed by atoms with van der Waals surface area (Å²) in [5.41, 5.74) is 2.73. The molecule has 0 aromatic heterocycles. The average molecular weight is 222 g/mol. The molecular weight excluding hydrogens is 212 g/mol. The van der Waals surface area contributed by atoms with E-state index in [0.717, 1.165) is 0 Å². The van der Waals surface area contributed by atoms with E-state index in [4.69, 9.17) is 0 Å². The Balaban J connectivity index is 2.42. The van der Waals surface area contributed by atoms with Crippen molar-refractivity contribution in [2.75, 3.05) is 0 Å². The lowest BCUT2D eigenvalue weighted by Gasteiger charge is -2.12. The van der Waals surface area contributed by atoms with Crippen molar-refractivity contribution >= 4 is 22.0 Å². The maximum Gasteiger partial charge on any atom is 0.0221 e. The van der Waals surface area contributed by atoms with Crippen LogP contribution in [0, 0.1) is 6.07 Å². The van der Waals surface area contributed by atoms with Crippen LogP contribution in [-0.4, -0.2) is 4.83 Å². The normalized spacial score (nSPS) is 22.3. The van der Waals surface area contributed by atoms with E-state index < -0.39 is 0 Å². The number of allylic oxidation sites excluding steroid dienone is 1. The molecule has 0 saturated carbocycles. The van der Waals surface area contributed by atoms with Gasteiger partial charge in [-0.1, -0.05) is 47.1 Å². The lowest BCUT2D eigenvalue weighted by atomic mass is 9.99. The summed E-state index contributed by atoms with van der Waals surface area (Å²) < 4.78 is 0. The Kier molecular flexibility index (Phi) is 2.05. The fraction of sp³-hybridized carbons (Fsp3) is 0.273. The van der Waals surface area contributed by atoms with Gasteiger partial charge in [0.15, 0.2) is 0 Å². The minimum atomic E-state index is 0.505. The Morgan fingerprint density at radius 2 is 2.42 bits per heavy atom. The molecule has 0 saturated heterocycles. The van der Waals surface area contributed by atoms with E-state index >= 15 is 0 Å². The van der Waals surface area contributed by atoms with Gasteiger partial charge >= 0.3 is 0 Å². The molecule has 1 aliphatic carbocycles. The van der Waals surface area contributed by atoms with Crippen molar-refractivity contribution in [3.63, 3.8) is 0 Å². The van der Waals surface area contributed by atoms with Crippen molar-refractivity contribution in [1.82, 2.24) is 0 Å². The van der Waals surface area contributed by atoms with Crippen LogP contribution in [0.3, 0.4) is 0 Å². The Morgan fingerprint density at radius 1 is 1.58 bits per heavy atom. The van der Waals surface area contributed by atoms with Crippen LogP contribution in [0.2, 0.25) is 0 Å². The summed E-state index contributed by atoms with van der Waals surface area (Å²) >= 11 is 3.61. The predicted octanol–water partition coefficient (Wildman–Crippen LogP) is 3.38. The zero-order chi connectivity index (χ0) is 8.55. The topological polar surface area (TPSA) is 0 Å². The van der Waals surface area contributed by atoms with E-state index in [1.165, 1.54) is 11.1 Å². The van der Waals surface area contributed by atoms with Gasteiger partial charge in [-0.15, -0.1) is 0 Å². The highest BCUT2D eigenvalue weighted by Gasteiger charge is 2.20. The molecule has 0 N–H and O–H groups in total. The lowest BCUT2D eigenvalue weighted by Crippen LogP contribution is -2.03. The Hall–Kier alpha value is -0.560. The standard InChI is InChI=1S/C11H10Br/c1-8(12)10-7-6-9-4-2-3-5-11(9)10/h2,4-8,10H,1H3. The maximum absolute atomic E-state index is 3.61. The summed E-state index contributed by atoms with van der Waals surface area (Å²) in [5.74, 6) is 0.525. The smallest absolute Gasteiger partial charge is 0.0221 e. The molecule has 0 aliphatic heterocycles. The molecule has 2 rings (SSSR count). The molecule has 61 valence electrons. The third-order valence-corrected chi connectivity index (χ3v) is 2.84. The van der Waals surface area contributed by atoms with Gasteiger partial charge in [0.25, 0.3) is 0 Å². The highest BCUT2D eigenvalue weighted by atomic mass is 79.9. The average Bonchev–Trinajstić information content (AvgIpc) is 2.47. The zero-order valence-electron chi connectivity index (χ0n) is 6.92. The molecule has 12 heavy (non-hydrogen) atoms. The maximum atomic E-state index is 3.61. The van der Waals surface area contributed by atoms with E-state index in [9.17, 15) is 0 Å². The van der Waals surface area contributed by atoms with Crippen LogP contribution < -0.4 is 0 Å². The van der Waals surface area contributed by atoms with Crippen LogP contribution in [-0.2, 0) is 0 Å². The fourth-order valence-electron chi connectivity index (χ4n) is 1.61. The van der Waals surface area contributed by atoms with Gasteiger partial charge in [0.1, 0.15) is 0 Å². The van der Waals surface area contributed by atoms with Gasteiger partial charge in [0, 0.05) is 10.7 Å². The first kappa shape index (κ1) is 8.06. The fourth-order valence-corrected chi connectivity index (χ4v) is 2.07. The highest BCUT2D eigenvalue weighted by molar-refractivity contribution is 9.09. The number of halogens is 1. The first-order valence-corrected chi connectivity index (χ1v) is 5.03. The Morgan fingerprint density at radius 3 is 3.17 bits per heavy atom. The zero-order valence-corrected chi connectivity index (χ0v) is 8.51. The van der Waals surface area contributed by atoms with Gasteiger partial charge in [-0.2, -0.15) is 0 Å². The van der Waals surface area contributed by atoms with E-state index in [2.05, 4.69) is 53.2 Å². The van der Waals surface area contributed by atoms with E-state index in [0.29, 0.717) is 10.7 Å². The van der Waals surface area contributed by atoms with Crippen LogP contribution in [0.5, 0.6) is 0 Å². The molecule has 0 amide bonds. The van der Waals surface area contributed by atoms with Crippen LogP contribution in [0.15, 0.2) is 24.3 Å². The monoisotopic (exact) mass is 221 g/mol. The SMILES string of the molecule is CC(Br)C1C=Cc2cc[c]cc21. The van der Waals surface area contributed by atoms with Crippen LogP contribution >= 0.6 is 15.9 Å². The van der Waals surface area contributed by atoms with Crippen LogP contribution in [0.25, 0.3) is 6.08 Å². The van der Waals surface area contributed by atoms with E-state index in [-0.39, 0.29) is 0 Å². The summed E-state index contributed by atoms with van der Waals surface area (Å²) in [4.78, 5) is 0.505. The first-order valence-electron chi connectivity index (χ1n) is 4.11.